The van der Waals surface area contributed by atoms with Crippen molar-refractivity contribution >= 4 is 51.8 Å². The number of hydrogen-bond donors (Lipinski definition) is 0. The Labute approximate surface area is 244 Å². The van der Waals surface area contributed by atoms with Crippen molar-refractivity contribution in [1.82, 2.24) is 9.47 Å². The largest absolute Gasteiger partial charge is 0.366 e. The highest BCUT2D eigenvalue weighted by Gasteiger charge is 2.39. The zero-order valence-corrected chi connectivity index (χ0v) is 24.6. The van der Waals surface area contributed by atoms with E-state index in [2.05, 4.69) is 17.9 Å². The number of thiocarbonyl (C=S) groups is 1. The van der Waals surface area contributed by atoms with Gasteiger partial charge in [0.1, 0.15) is 27.6 Å². The summed E-state index contributed by atoms with van der Waals surface area (Å²) >= 11 is 6.93. The summed E-state index contributed by atoms with van der Waals surface area (Å²) < 4.78 is 16.8. The van der Waals surface area contributed by atoms with Crippen molar-refractivity contribution in [1.29, 1.82) is 5.26 Å². The van der Waals surface area contributed by atoms with Crippen molar-refractivity contribution in [3.8, 4) is 6.07 Å². The van der Waals surface area contributed by atoms with Gasteiger partial charge in [0.15, 0.2) is 0 Å². The van der Waals surface area contributed by atoms with Crippen LogP contribution in [0.15, 0.2) is 34.0 Å². The summed E-state index contributed by atoms with van der Waals surface area (Å²) in [6, 6.07) is 9.03. The average molecular weight is 580 g/mol. The second kappa shape index (κ2) is 12.1. The number of aromatic nitrogens is 1. The van der Waals surface area contributed by atoms with Crippen LogP contribution in [0.3, 0.4) is 0 Å². The van der Waals surface area contributed by atoms with Crippen molar-refractivity contribution < 1.29 is 9.18 Å². The Hall–Kier alpha value is -3.16. The van der Waals surface area contributed by atoms with Crippen LogP contribution in [0.5, 0.6) is 0 Å². The number of para-hydroxylation sites is 1. The first kappa shape index (κ1) is 28.4. The molecule has 3 heterocycles. The summed E-state index contributed by atoms with van der Waals surface area (Å²) in [5, 5.41) is 9.96. The number of anilines is 2. The van der Waals surface area contributed by atoms with Crippen molar-refractivity contribution in [3.63, 3.8) is 0 Å². The quantitative estimate of drug-likeness (QED) is 0.320. The van der Waals surface area contributed by atoms with E-state index >= 15 is 0 Å². The number of rotatable bonds is 7. The van der Waals surface area contributed by atoms with Gasteiger partial charge in [-0.05, 0) is 50.0 Å². The van der Waals surface area contributed by atoms with E-state index < -0.39 is 0 Å². The third-order valence-corrected chi connectivity index (χ3v) is 9.47. The van der Waals surface area contributed by atoms with Gasteiger partial charge in [-0.1, -0.05) is 62.3 Å². The molecule has 0 N–H and O–H groups in total. The predicted molar refractivity (Wildman–Crippen MR) is 163 cm³/mol. The number of carbonyl (C=O) groups is 1. The first-order valence-corrected chi connectivity index (χ1v) is 15.3. The lowest BCUT2D eigenvalue weighted by Gasteiger charge is -2.39. The number of piperazine rings is 1. The van der Waals surface area contributed by atoms with E-state index in [1.807, 2.05) is 17.0 Å². The number of halogens is 1. The van der Waals surface area contributed by atoms with Crippen molar-refractivity contribution in [2.75, 3.05) is 36.0 Å². The summed E-state index contributed by atoms with van der Waals surface area (Å²) in [7, 11) is 0. The molecule has 7 nitrogen and oxygen atoms in total. The molecule has 0 unspecified atom stereocenters. The molecule has 2 saturated heterocycles. The second-order valence-corrected chi connectivity index (χ2v) is 12.3. The predicted octanol–water partition coefficient (Wildman–Crippen LogP) is 5.44. The summed E-state index contributed by atoms with van der Waals surface area (Å²) in [5.74, 6) is 0.366. The average Bonchev–Trinajstić information content (AvgIpc) is 3.57. The fourth-order valence-electron chi connectivity index (χ4n) is 5.96. The first-order valence-electron chi connectivity index (χ1n) is 14.0. The van der Waals surface area contributed by atoms with Crippen LogP contribution in [-0.2, 0) is 11.3 Å². The highest BCUT2D eigenvalue weighted by atomic mass is 32.2. The minimum absolute atomic E-state index is 0.0959. The molecule has 2 aliphatic heterocycles. The molecule has 210 valence electrons. The summed E-state index contributed by atoms with van der Waals surface area (Å²) in [6.45, 7) is 6.59. The zero-order valence-electron chi connectivity index (χ0n) is 23.0. The van der Waals surface area contributed by atoms with Gasteiger partial charge < -0.3 is 9.80 Å². The number of nitriles is 1. The molecule has 0 spiro atoms. The third kappa shape index (κ3) is 5.29. The van der Waals surface area contributed by atoms with Crippen LogP contribution in [-0.4, -0.2) is 51.9 Å². The van der Waals surface area contributed by atoms with Crippen LogP contribution in [0.2, 0.25) is 0 Å². The number of pyridine rings is 1. The molecule has 0 bridgehead atoms. The zero-order chi connectivity index (χ0) is 28.4. The van der Waals surface area contributed by atoms with E-state index in [9.17, 15) is 19.2 Å². The molecule has 10 heteroatoms. The minimum atomic E-state index is -0.310. The second-order valence-electron chi connectivity index (χ2n) is 10.6. The fourth-order valence-corrected chi connectivity index (χ4v) is 7.35. The molecule has 1 aromatic heterocycles. The molecule has 2 aromatic rings. The molecule has 1 saturated carbocycles. The molecule has 3 fully saturated rings. The van der Waals surface area contributed by atoms with E-state index in [1.165, 1.54) is 17.8 Å². The highest BCUT2D eigenvalue weighted by molar-refractivity contribution is 8.26. The maximum atomic E-state index is 14.5. The number of thioether (sulfide) groups is 1. The fraction of sp³-hybridized carbons (Fsp3) is 0.467. The minimum Gasteiger partial charge on any atom is -0.366 e. The molecule has 1 aromatic carbocycles. The molecular formula is C30H34FN5O2S2. The maximum absolute atomic E-state index is 14.5. The van der Waals surface area contributed by atoms with Crippen LogP contribution < -0.4 is 15.4 Å². The van der Waals surface area contributed by atoms with Gasteiger partial charge in [-0.2, -0.15) is 5.26 Å². The van der Waals surface area contributed by atoms with Gasteiger partial charge in [0.25, 0.3) is 11.5 Å². The lowest BCUT2D eigenvalue weighted by atomic mass is 10.0. The number of amides is 1. The standard InChI is InChI=1S/C30H34FN5O2S2/c1-3-4-13-35-27(34-16-14-33(15-17-34)25-12-8-7-11-24(25)31)22(20(2)23(19-32)28(35)37)18-26-29(38)36(30(39)40-26)21-9-5-6-10-21/h7-8,11-12,18,21H,3-6,9-10,13-17H2,1-2H3/b26-18-. The van der Waals surface area contributed by atoms with E-state index in [1.54, 1.807) is 28.5 Å². The first-order chi connectivity index (χ1) is 19.3. The summed E-state index contributed by atoms with van der Waals surface area (Å²) in [6.07, 6.45) is 7.60. The SMILES string of the molecule is CCCCn1c(N2CCN(c3ccccc3F)CC2)c(/C=C2\SC(=S)N(C3CCCC3)C2=O)c(C)c(C#N)c1=O. The Balaban J connectivity index is 1.57. The molecule has 0 radical (unpaired) electrons. The topological polar surface area (TPSA) is 72.6 Å². The third-order valence-electron chi connectivity index (χ3n) is 8.14. The monoisotopic (exact) mass is 579 g/mol. The van der Waals surface area contributed by atoms with Gasteiger partial charge in [0.05, 0.1) is 10.6 Å². The van der Waals surface area contributed by atoms with Crippen LogP contribution in [0.1, 0.15) is 62.1 Å². The van der Waals surface area contributed by atoms with Crippen molar-refractivity contribution in [3.05, 3.63) is 62.0 Å². The lowest BCUT2D eigenvalue weighted by molar-refractivity contribution is -0.123. The molecular weight excluding hydrogens is 545 g/mol. The van der Waals surface area contributed by atoms with Crippen LogP contribution in [0.4, 0.5) is 15.9 Å². The Morgan fingerprint density at radius 3 is 2.45 bits per heavy atom. The maximum Gasteiger partial charge on any atom is 0.270 e. The smallest absolute Gasteiger partial charge is 0.270 e. The van der Waals surface area contributed by atoms with E-state index in [4.69, 9.17) is 12.2 Å². The molecule has 40 heavy (non-hydrogen) atoms. The van der Waals surface area contributed by atoms with Crippen LogP contribution in [0.25, 0.3) is 6.08 Å². The number of benzene rings is 1. The van der Waals surface area contributed by atoms with Gasteiger partial charge in [-0.15, -0.1) is 0 Å². The van der Waals surface area contributed by atoms with Crippen molar-refractivity contribution in [2.24, 2.45) is 0 Å². The van der Waals surface area contributed by atoms with Crippen molar-refractivity contribution in [2.45, 2.75) is 65.0 Å². The Morgan fingerprint density at radius 2 is 1.80 bits per heavy atom. The van der Waals surface area contributed by atoms with Gasteiger partial charge in [0, 0.05) is 44.3 Å². The Kier molecular flexibility index (Phi) is 8.62. The number of hydrogen-bond acceptors (Lipinski definition) is 7. The van der Waals surface area contributed by atoms with Gasteiger partial charge in [-0.3, -0.25) is 19.1 Å². The Morgan fingerprint density at radius 1 is 1.12 bits per heavy atom. The molecule has 1 aliphatic carbocycles. The van der Waals surface area contributed by atoms with E-state index in [0.29, 0.717) is 64.6 Å². The molecule has 0 atom stereocenters. The number of unbranched alkanes of at least 4 members (excludes halogenated alkanes) is 1. The number of carbonyl (C=O) groups excluding carboxylic acids is 1. The van der Waals surface area contributed by atoms with Gasteiger partial charge in [-0.25, -0.2) is 4.39 Å². The Bertz CT molecular complexity index is 1450. The summed E-state index contributed by atoms with van der Waals surface area (Å²) in [4.78, 5) is 33.6. The normalized spacial score (nSPS) is 19.2. The van der Waals surface area contributed by atoms with Gasteiger partial charge in [0.2, 0.25) is 0 Å². The molecule has 1 amide bonds. The van der Waals surface area contributed by atoms with E-state index in [0.717, 1.165) is 38.5 Å². The van der Waals surface area contributed by atoms with E-state index in [-0.39, 0.29) is 28.9 Å². The highest BCUT2D eigenvalue weighted by Crippen LogP contribution is 2.39. The molecule has 3 aliphatic rings. The number of nitrogens with zero attached hydrogens (tertiary/aromatic N) is 5. The summed E-state index contributed by atoms with van der Waals surface area (Å²) in [5.41, 5.74) is 1.63. The van der Waals surface area contributed by atoms with Crippen LogP contribution >= 0.6 is 24.0 Å². The lowest BCUT2D eigenvalue weighted by Crippen LogP contribution is -2.49. The van der Waals surface area contributed by atoms with Crippen LogP contribution in [0, 0.1) is 24.1 Å². The van der Waals surface area contributed by atoms with Gasteiger partial charge >= 0.3 is 0 Å². The molecule has 5 rings (SSSR count).